The zero-order valence-corrected chi connectivity index (χ0v) is 11.3. The molecule has 0 N–H and O–H groups in total. The van der Waals surface area contributed by atoms with E-state index in [0.29, 0.717) is 17.7 Å². The molecular formula is C16H21NO. The van der Waals surface area contributed by atoms with E-state index in [0.717, 1.165) is 32.4 Å². The summed E-state index contributed by atoms with van der Waals surface area (Å²) in [4.78, 5) is 14.3. The van der Waals surface area contributed by atoms with Crippen molar-refractivity contribution in [2.24, 2.45) is 5.92 Å². The fourth-order valence-electron chi connectivity index (χ4n) is 2.92. The summed E-state index contributed by atoms with van der Waals surface area (Å²) in [6.45, 7) is 6.21. The van der Waals surface area contributed by atoms with Crippen molar-refractivity contribution in [2.45, 2.75) is 45.6 Å². The second-order valence-corrected chi connectivity index (χ2v) is 5.92. The standard InChI is InChI=1S/C16H21NO/c1-11(2)14-5-3-4-12-8-9-17(10-15(12)14)16(18)13-6-7-13/h3-5,11,13H,6-10H2,1-2H3. The molecule has 0 radical (unpaired) electrons. The Balaban J connectivity index is 1.88. The predicted octanol–water partition coefficient (Wildman–Crippen LogP) is 3.10. The van der Waals surface area contributed by atoms with Crippen LogP contribution in [0.25, 0.3) is 0 Å². The maximum absolute atomic E-state index is 12.2. The molecule has 0 spiro atoms. The topological polar surface area (TPSA) is 20.3 Å². The molecule has 2 aliphatic rings. The molecule has 0 unspecified atom stereocenters. The lowest BCUT2D eigenvalue weighted by Gasteiger charge is -2.31. The molecule has 1 heterocycles. The lowest BCUT2D eigenvalue weighted by molar-refractivity contribution is -0.133. The molecule has 0 aromatic heterocycles. The van der Waals surface area contributed by atoms with Gasteiger partial charge in [0, 0.05) is 19.0 Å². The van der Waals surface area contributed by atoms with E-state index in [2.05, 4.69) is 36.9 Å². The van der Waals surface area contributed by atoms with Crippen molar-refractivity contribution >= 4 is 5.91 Å². The molecule has 1 aliphatic carbocycles. The third-order valence-corrected chi connectivity index (χ3v) is 4.17. The summed E-state index contributed by atoms with van der Waals surface area (Å²) >= 11 is 0. The minimum Gasteiger partial charge on any atom is -0.338 e. The van der Waals surface area contributed by atoms with Gasteiger partial charge >= 0.3 is 0 Å². The molecule has 1 amide bonds. The number of hydrogen-bond donors (Lipinski definition) is 0. The van der Waals surface area contributed by atoms with Gasteiger partial charge in [-0.3, -0.25) is 4.79 Å². The Bertz CT molecular complexity index is 474. The third kappa shape index (κ3) is 2.05. The summed E-state index contributed by atoms with van der Waals surface area (Å²) in [6.07, 6.45) is 3.23. The maximum Gasteiger partial charge on any atom is 0.225 e. The van der Waals surface area contributed by atoms with Gasteiger partial charge in [-0.05, 0) is 41.9 Å². The molecule has 1 fully saturated rings. The molecule has 18 heavy (non-hydrogen) atoms. The first-order chi connectivity index (χ1) is 8.66. The Morgan fingerprint density at radius 2 is 2.11 bits per heavy atom. The van der Waals surface area contributed by atoms with E-state index in [1.807, 2.05) is 0 Å². The summed E-state index contributed by atoms with van der Waals surface area (Å²) < 4.78 is 0. The molecule has 0 atom stereocenters. The predicted molar refractivity (Wildman–Crippen MR) is 72.4 cm³/mol. The van der Waals surface area contributed by atoms with Crippen molar-refractivity contribution in [1.29, 1.82) is 0 Å². The highest BCUT2D eigenvalue weighted by Gasteiger charge is 2.34. The van der Waals surface area contributed by atoms with Crippen LogP contribution in [0.15, 0.2) is 18.2 Å². The number of hydrogen-bond acceptors (Lipinski definition) is 1. The van der Waals surface area contributed by atoms with Crippen LogP contribution in [0.3, 0.4) is 0 Å². The van der Waals surface area contributed by atoms with Crippen LogP contribution in [-0.4, -0.2) is 17.4 Å². The van der Waals surface area contributed by atoms with E-state index >= 15 is 0 Å². The van der Waals surface area contributed by atoms with E-state index in [9.17, 15) is 4.79 Å². The van der Waals surface area contributed by atoms with E-state index < -0.39 is 0 Å². The minimum atomic E-state index is 0.345. The first kappa shape index (κ1) is 11.8. The van der Waals surface area contributed by atoms with Crippen molar-refractivity contribution in [3.63, 3.8) is 0 Å². The number of benzene rings is 1. The summed E-state index contributed by atoms with van der Waals surface area (Å²) in [5.74, 6) is 1.27. The van der Waals surface area contributed by atoms with Crippen LogP contribution >= 0.6 is 0 Å². The molecule has 1 aliphatic heterocycles. The molecule has 0 bridgehead atoms. The summed E-state index contributed by atoms with van der Waals surface area (Å²) in [6, 6.07) is 6.60. The SMILES string of the molecule is CC(C)c1cccc2c1CN(C(=O)C1CC1)CC2. The minimum absolute atomic E-state index is 0.345. The molecule has 1 saturated carbocycles. The lowest BCUT2D eigenvalue weighted by Crippen LogP contribution is -2.37. The highest BCUT2D eigenvalue weighted by Crippen LogP contribution is 2.34. The van der Waals surface area contributed by atoms with Crippen molar-refractivity contribution in [3.05, 3.63) is 34.9 Å². The summed E-state index contributed by atoms with van der Waals surface area (Å²) in [5.41, 5.74) is 4.27. The van der Waals surface area contributed by atoms with Crippen LogP contribution in [0.4, 0.5) is 0 Å². The zero-order valence-electron chi connectivity index (χ0n) is 11.3. The van der Waals surface area contributed by atoms with Gasteiger partial charge in [-0.25, -0.2) is 0 Å². The first-order valence-electron chi connectivity index (χ1n) is 7.06. The Morgan fingerprint density at radius 3 is 2.78 bits per heavy atom. The largest absolute Gasteiger partial charge is 0.338 e. The van der Waals surface area contributed by atoms with Crippen LogP contribution in [0.5, 0.6) is 0 Å². The molecule has 96 valence electrons. The number of nitrogens with zero attached hydrogens (tertiary/aromatic N) is 1. The monoisotopic (exact) mass is 243 g/mol. The van der Waals surface area contributed by atoms with Crippen molar-refractivity contribution in [3.8, 4) is 0 Å². The van der Waals surface area contributed by atoms with E-state index in [1.54, 1.807) is 0 Å². The zero-order chi connectivity index (χ0) is 12.7. The molecule has 2 heteroatoms. The van der Waals surface area contributed by atoms with Crippen molar-refractivity contribution in [2.75, 3.05) is 6.54 Å². The third-order valence-electron chi connectivity index (χ3n) is 4.17. The molecule has 2 nitrogen and oxygen atoms in total. The van der Waals surface area contributed by atoms with Crippen LogP contribution in [0, 0.1) is 5.92 Å². The summed E-state index contributed by atoms with van der Waals surface area (Å²) in [5, 5.41) is 0. The van der Waals surface area contributed by atoms with Gasteiger partial charge in [0.05, 0.1) is 0 Å². The van der Waals surface area contributed by atoms with Gasteiger partial charge in [-0.1, -0.05) is 32.0 Å². The summed E-state index contributed by atoms with van der Waals surface area (Å²) in [7, 11) is 0. The lowest BCUT2D eigenvalue weighted by atomic mass is 9.89. The highest BCUT2D eigenvalue weighted by molar-refractivity contribution is 5.81. The molecule has 1 aromatic rings. The normalized spacial score (nSPS) is 18.9. The Hall–Kier alpha value is -1.31. The van der Waals surface area contributed by atoms with Crippen molar-refractivity contribution < 1.29 is 4.79 Å². The van der Waals surface area contributed by atoms with Gasteiger partial charge in [0.2, 0.25) is 5.91 Å². The number of carbonyl (C=O) groups is 1. The fourth-order valence-corrected chi connectivity index (χ4v) is 2.92. The van der Waals surface area contributed by atoms with Gasteiger partial charge in [0.1, 0.15) is 0 Å². The van der Waals surface area contributed by atoms with Gasteiger partial charge in [0.15, 0.2) is 0 Å². The smallest absolute Gasteiger partial charge is 0.225 e. The molecule has 3 rings (SSSR count). The first-order valence-corrected chi connectivity index (χ1v) is 7.06. The van der Waals surface area contributed by atoms with Crippen LogP contribution < -0.4 is 0 Å². The average molecular weight is 243 g/mol. The van der Waals surface area contributed by atoms with Crippen molar-refractivity contribution in [1.82, 2.24) is 4.90 Å². The van der Waals surface area contributed by atoms with E-state index in [-0.39, 0.29) is 0 Å². The highest BCUT2D eigenvalue weighted by atomic mass is 16.2. The molecule has 1 aromatic carbocycles. The van der Waals surface area contributed by atoms with Crippen LogP contribution in [0.1, 0.15) is 49.3 Å². The van der Waals surface area contributed by atoms with Gasteiger partial charge in [-0.15, -0.1) is 0 Å². The number of fused-ring (bicyclic) bond motifs is 1. The Kier molecular flexibility index (Phi) is 2.89. The van der Waals surface area contributed by atoms with Gasteiger partial charge in [0.25, 0.3) is 0 Å². The average Bonchev–Trinajstić information content (AvgIpc) is 3.20. The maximum atomic E-state index is 12.2. The Labute approximate surface area is 109 Å². The van der Waals surface area contributed by atoms with Crippen LogP contribution in [-0.2, 0) is 17.8 Å². The fraction of sp³-hybridized carbons (Fsp3) is 0.562. The van der Waals surface area contributed by atoms with Gasteiger partial charge in [-0.2, -0.15) is 0 Å². The number of carbonyl (C=O) groups excluding carboxylic acids is 1. The molecular weight excluding hydrogens is 222 g/mol. The van der Waals surface area contributed by atoms with Crippen LogP contribution in [0.2, 0.25) is 0 Å². The second kappa shape index (κ2) is 4.42. The van der Waals surface area contributed by atoms with E-state index in [4.69, 9.17) is 0 Å². The number of amides is 1. The van der Waals surface area contributed by atoms with E-state index in [1.165, 1.54) is 16.7 Å². The molecule has 0 saturated heterocycles. The Morgan fingerprint density at radius 1 is 1.33 bits per heavy atom. The second-order valence-electron chi connectivity index (χ2n) is 5.92. The van der Waals surface area contributed by atoms with Gasteiger partial charge < -0.3 is 4.90 Å². The number of rotatable bonds is 2. The quantitative estimate of drug-likeness (QED) is 0.781.